The van der Waals surface area contributed by atoms with Gasteiger partial charge in [0, 0.05) is 79.4 Å². The van der Waals surface area contributed by atoms with Gasteiger partial charge in [0.15, 0.2) is 0 Å². The number of aryl methyl sites for hydroxylation is 1. The number of piperazine rings is 1. The molecule has 0 atom stereocenters. The maximum Gasteiger partial charge on any atom is 0.303 e. The number of unbranched alkanes of at least 4 members (excludes halogenated alkanes) is 1. The van der Waals surface area contributed by atoms with Crippen LogP contribution in [0.1, 0.15) is 43.1 Å². The number of halogens is 1. The van der Waals surface area contributed by atoms with Crippen molar-refractivity contribution < 1.29 is 15.0 Å². The molecule has 3 aromatic rings. The number of β-amino-alcohol motifs (C(OH)–C–C–N with tert-alkyl or cyclic N) is 1. The fourth-order valence-electron chi connectivity index (χ4n) is 4.90. The number of aliphatic hydroxyl groups is 1. The third-order valence-corrected chi connectivity index (χ3v) is 7.17. The molecule has 4 heterocycles. The monoisotopic (exact) mass is 543 g/mol. The van der Waals surface area contributed by atoms with Crippen LogP contribution in [-0.4, -0.2) is 79.9 Å². The molecule has 1 fully saturated rings. The molecule has 1 aliphatic rings. The average molecular weight is 544 g/mol. The quantitative estimate of drug-likeness (QED) is 0.356. The van der Waals surface area contributed by atoms with Crippen molar-refractivity contribution in [2.45, 2.75) is 45.6 Å². The Morgan fingerprint density at radius 1 is 1.11 bits per heavy atom. The molecule has 0 bridgehead atoms. The van der Waals surface area contributed by atoms with Crippen LogP contribution >= 0.6 is 15.9 Å². The van der Waals surface area contributed by atoms with Crippen molar-refractivity contribution >= 4 is 27.4 Å². The summed E-state index contributed by atoms with van der Waals surface area (Å²) in [5, 5.41) is 23.5. The van der Waals surface area contributed by atoms with E-state index in [9.17, 15) is 9.90 Å². The number of carboxylic acid groups (broad SMARTS) is 1. The van der Waals surface area contributed by atoms with E-state index in [1.54, 1.807) is 6.20 Å². The molecule has 0 unspecified atom stereocenters. The Morgan fingerprint density at radius 2 is 1.89 bits per heavy atom. The SMILES string of the molecule is CCc1ccc2c(-c3cncc(Br)c3)c(CCCCC(=O)O)c(CN3CCN(CCO)CC3)nn12. The molecule has 3 aromatic heterocycles. The van der Waals surface area contributed by atoms with Crippen molar-refractivity contribution in [3.8, 4) is 11.1 Å². The minimum Gasteiger partial charge on any atom is -0.481 e. The van der Waals surface area contributed by atoms with Crippen LogP contribution in [0.25, 0.3) is 16.6 Å². The summed E-state index contributed by atoms with van der Waals surface area (Å²) in [5.41, 5.74) is 6.63. The highest BCUT2D eigenvalue weighted by atomic mass is 79.9. The smallest absolute Gasteiger partial charge is 0.303 e. The number of rotatable bonds is 11. The average Bonchev–Trinajstić information content (AvgIpc) is 3.25. The molecule has 0 spiro atoms. The zero-order chi connectivity index (χ0) is 24.8. The van der Waals surface area contributed by atoms with Crippen molar-refractivity contribution in [2.24, 2.45) is 0 Å². The van der Waals surface area contributed by atoms with Gasteiger partial charge in [0.1, 0.15) is 0 Å². The number of hydrogen-bond donors (Lipinski definition) is 2. The first-order valence-electron chi connectivity index (χ1n) is 12.4. The van der Waals surface area contributed by atoms with E-state index in [0.29, 0.717) is 6.42 Å². The van der Waals surface area contributed by atoms with E-state index in [-0.39, 0.29) is 13.0 Å². The third-order valence-electron chi connectivity index (χ3n) is 6.74. The van der Waals surface area contributed by atoms with Gasteiger partial charge in [-0.15, -0.1) is 0 Å². The van der Waals surface area contributed by atoms with E-state index < -0.39 is 5.97 Å². The number of hydrogen-bond acceptors (Lipinski definition) is 6. The van der Waals surface area contributed by atoms with Crippen molar-refractivity contribution in [3.63, 3.8) is 0 Å². The van der Waals surface area contributed by atoms with Crippen LogP contribution in [0.3, 0.4) is 0 Å². The molecular formula is C26H34BrN5O3. The van der Waals surface area contributed by atoms with Crippen LogP contribution in [-0.2, 0) is 24.2 Å². The number of carboxylic acids is 1. The molecular weight excluding hydrogens is 510 g/mol. The summed E-state index contributed by atoms with van der Waals surface area (Å²) in [5.74, 6) is -0.754. The van der Waals surface area contributed by atoms with Gasteiger partial charge < -0.3 is 10.2 Å². The largest absolute Gasteiger partial charge is 0.481 e. The fourth-order valence-corrected chi connectivity index (χ4v) is 5.26. The summed E-state index contributed by atoms with van der Waals surface area (Å²) in [4.78, 5) is 20.3. The molecule has 9 heteroatoms. The summed E-state index contributed by atoms with van der Waals surface area (Å²) >= 11 is 3.58. The van der Waals surface area contributed by atoms with E-state index in [2.05, 4.69) is 60.4 Å². The van der Waals surface area contributed by atoms with Gasteiger partial charge in [0.25, 0.3) is 0 Å². The van der Waals surface area contributed by atoms with Gasteiger partial charge >= 0.3 is 5.97 Å². The summed E-state index contributed by atoms with van der Waals surface area (Å²) < 4.78 is 3.00. The van der Waals surface area contributed by atoms with Crippen molar-refractivity contribution in [2.75, 3.05) is 39.3 Å². The number of fused-ring (bicyclic) bond motifs is 1. The molecule has 1 aliphatic heterocycles. The summed E-state index contributed by atoms with van der Waals surface area (Å²) in [6.45, 7) is 7.52. The topological polar surface area (TPSA) is 94.2 Å². The normalized spacial score (nSPS) is 15.2. The molecule has 2 N–H and O–H groups in total. The summed E-state index contributed by atoms with van der Waals surface area (Å²) in [6.07, 6.45) is 6.94. The first kappa shape index (κ1) is 25.8. The zero-order valence-corrected chi connectivity index (χ0v) is 21.9. The number of aromatic nitrogens is 3. The second-order valence-electron chi connectivity index (χ2n) is 9.11. The maximum atomic E-state index is 11.1. The van der Waals surface area contributed by atoms with Crippen molar-refractivity contribution in [1.29, 1.82) is 0 Å². The standard InChI is InChI=1S/C26H34BrN5O3/c1-2-21-7-8-24-26(19-15-20(27)17-28-16-19)22(5-3-4-6-25(34)35)23(29-32(21)24)18-31-11-9-30(10-12-31)13-14-33/h7-8,15-17,33H,2-6,9-14,18H2,1H3,(H,34,35). The van der Waals surface area contributed by atoms with Gasteiger partial charge in [-0.25, -0.2) is 4.52 Å². The number of aliphatic carboxylic acids is 1. The molecule has 188 valence electrons. The number of carbonyl (C=O) groups is 1. The minimum atomic E-state index is -0.754. The summed E-state index contributed by atoms with van der Waals surface area (Å²) in [7, 11) is 0. The van der Waals surface area contributed by atoms with E-state index >= 15 is 0 Å². The van der Waals surface area contributed by atoms with Gasteiger partial charge in [-0.3, -0.25) is 19.6 Å². The molecule has 0 saturated carbocycles. The van der Waals surface area contributed by atoms with Gasteiger partial charge in [-0.2, -0.15) is 5.10 Å². The third kappa shape index (κ3) is 6.27. The highest BCUT2D eigenvalue weighted by molar-refractivity contribution is 9.10. The molecule has 0 radical (unpaired) electrons. The lowest BCUT2D eigenvalue weighted by Crippen LogP contribution is -2.46. The van der Waals surface area contributed by atoms with Crippen molar-refractivity contribution in [1.82, 2.24) is 24.4 Å². The molecule has 1 saturated heterocycles. The Morgan fingerprint density at radius 3 is 2.57 bits per heavy atom. The highest BCUT2D eigenvalue weighted by Gasteiger charge is 2.23. The first-order chi connectivity index (χ1) is 17.0. The van der Waals surface area contributed by atoms with E-state index in [1.165, 1.54) is 5.56 Å². The Bertz CT molecular complexity index is 1160. The second kappa shape index (κ2) is 12.1. The predicted octanol–water partition coefficient (Wildman–Crippen LogP) is 3.63. The first-order valence-corrected chi connectivity index (χ1v) is 13.2. The van der Waals surface area contributed by atoms with Crippen LogP contribution < -0.4 is 0 Å². The van der Waals surface area contributed by atoms with Crippen LogP contribution in [0.4, 0.5) is 0 Å². The number of nitrogens with zero attached hydrogens (tertiary/aromatic N) is 5. The van der Waals surface area contributed by atoms with Gasteiger partial charge in [0.2, 0.25) is 0 Å². The molecule has 0 aliphatic carbocycles. The lowest BCUT2D eigenvalue weighted by atomic mass is 9.95. The van der Waals surface area contributed by atoms with Crippen molar-refractivity contribution in [3.05, 3.63) is 52.0 Å². The van der Waals surface area contributed by atoms with E-state index in [4.69, 9.17) is 10.2 Å². The Labute approximate surface area is 214 Å². The number of pyridine rings is 1. The second-order valence-corrected chi connectivity index (χ2v) is 10.0. The van der Waals surface area contributed by atoms with Gasteiger partial charge in [-0.1, -0.05) is 6.92 Å². The maximum absolute atomic E-state index is 11.1. The van der Waals surface area contributed by atoms with E-state index in [0.717, 1.165) is 91.0 Å². The summed E-state index contributed by atoms with van der Waals surface area (Å²) in [6, 6.07) is 6.38. The molecule has 8 nitrogen and oxygen atoms in total. The highest BCUT2D eigenvalue weighted by Crippen LogP contribution is 2.34. The van der Waals surface area contributed by atoms with Crippen LogP contribution in [0.5, 0.6) is 0 Å². The van der Waals surface area contributed by atoms with E-state index in [1.807, 2.05) is 6.20 Å². The van der Waals surface area contributed by atoms with Crippen LogP contribution in [0.15, 0.2) is 35.1 Å². The Balaban J connectivity index is 1.75. The molecule has 0 amide bonds. The van der Waals surface area contributed by atoms with Gasteiger partial charge in [0.05, 0.1) is 17.8 Å². The minimum absolute atomic E-state index is 0.177. The van der Waals surface area contributed by atoms with Crippen LogP contribution in [0, 0.1) is 0 Å². The number of aliphatic hydroxyl groups excluding tert-OH is 1. The Hall–Kier alpha value is -2.33. The zero-order valence-electron chi connectivity index (χ0n) is 20.3. The molecule has 35 heavy (non-hydrogen) atoms. The lowest BCUT2D eigenvalue weighted by Gasteiger charge is -2.34. The lowest BCUT2D eigenvalue weighted by molar-refractivity contribution is -0.137. The fraction of sp³-hybridized carbons (Fsp3) is 0.500. The molecule has 4 rings (SSSR count). The Kier molecular flexibility index (Phi) is 8.89. The molecule has 0 aromatic carbocycles. The van der Waals surface area contributed by atoms with Gasteiger partial charge in [-0.05, 0) is 65.4 Å². The predicted molar refractivity (Wildman–Crippen MR) is 139 cm³/mol. The van der Waals surface area contributed by atoms with Crippen LogP contribution in [0.2, 0.25) is 0 Å².